The van der Waals surface area contributed by atoms with Crippen molar-refractivity contribution in [3.05, 3.63) is 29.3 Å². The van der Waals surface area contributed by atoms with Gasteiger partial charge in [0.1, 0.15) is 0 Å². The number of sulfonamides is 1. The van der Waals surface area contributed by atoms with Crippen LogP contribution < -0.4 is 9.62 Å². The lowest BCUT2D eigenvalue weighted by atomic mass is 10.1. The second kappa shape index (κ2) is 8.01. The molecule has 6 heteroatoms. The number of nitrogens with one attached hydrogen (secondary N) is 1. The Bertz CT molecular complexity index is 680. The first-order valence-corrected chi connectivity index (χ1v) is 10.5. The zero-order valence-corrected chi connectivity index (χ0v) is 15.7. The van der Waals surface area contributed by atoms with Crippen LogP contribution in [0.1, 0.15) is 50.2 Å². The number of carbonyl (C=O) groups is 1. The lowest BCUT2D eigenvalue weighted by Gasteiger charge is -2.26. The fourth-order valence-electron chi connectivity index (χ4n) is 3.38. The largest absolute Gasteiger partial charge is 0.353 e. The van der Waals surface area contributed by atoms with Crippen molar-refractivity contribution in [2.24, 2.45) is 0 Å². The molecule has 1 aromatic carbocycles. The SMILES string of the molecule is CCc1cccc(C)c1N(CCC(=O)NC1CCCC1)S(C)(=O)=O. The number of hydrogen-bond donors (Lipinski definition) is 1. The Kier molecular flexibility index (Phi) is 6.27. The summed E-state index contributed by atoms with van der Waals surface area (Å²) in [7, 11) is -3.44. The summed E-state index contributed by atoms with van der Waals surface area (Å²) in [6, 6.07) is 6.05. The van der Waals surface area contributed by atoms with Crippen molar-refractivity contribution in [3.8, 4) is 0 Å². The molecule has 0 unspecified atom stereocenters. The van der Waals surface area contributed by atoms with Gasteiger partial charge in [-0.15, -0.1) is 0 Å². The minimum Gasteiger partial charge on any atom is -0.353 e. The number of para-hydroxylation sites is 1. The summed E-state index contributed by atoms with van der Waals surface area (Å²) in [6.07, 6.45) is 6.50. The molecular formula is C18H28N2O3S. The standard InChI is InChI=1S/C18H28N2O3S/c1-4-15-9-7-8-14(2)18(15)20(24(3,22)23)13-12-17(21)19-16-10-5-6-11-16/h7-9,16H,4-6,10-13H2,1-3H3,(H,19,21). The zero-order chi connectivity index (χ0) is 17.7. The first-order valence-electron chi connectivity index (χ1n) is 8.68. The number of nitrogens with zero attached hydrogens (tertiary/aromatic N) is 1. The monoisotopic (exact) mass is 352 g/mol. The molecule has 1 N–H and O–H groups in total. The molecular weight excluding hydrogens is 324 g/mol. The molecule has 0 spiro atoms. The summed E-state index contributed by atoms with van der Waals surface area (Å²) >= 11 is 0. The van der Waals surface area contributed by atoms with Crippen LogP contribution in [0.3, 0.4) is 0 Å². The van der Waals surface area contributed by atoms with Crippen molar-refractivity contribution in [2.75, 3.05) is 17.1 Å². The molecule has 1 aliphatic rings. The number of hydrogen-bond acceptors (Lipinski definition) is 3. The Morgan fingerprint density at radius 1 is 1.29 bits per heavy atom. The van der Waals surface area contributed by atoms with Crippen LogP contribution in [0.2, 0.25) is 0 Å². The van der Waals surface area contributed by atoms with Crippen LogP contribution in [0.25, 0.3) is 0 Å². The number of amides is 1. The van der Waals surface area contributed by atoms with Crippen molar-refractivity contribution in [1.82, 2.24) is 5.32 Å². The quantitative estimate of drug-likeness (QED) is 0.820. The Morgan fingerprint density at radius 2 is 1.96 bits per heavy atom. The summed E-state index contributed by atoms with van der Waals surface area (Å²) in [5, 5.41) is 3.02. The van der Waals surface area contributed by atoms with Gasteiger partial charge < -0.3 is 5.32 Å². The summed E-state index contributed by atoms with van der Waals surface area (Å²) in [4.78, 5) is 12.2. The number of rotatable bonds is 7. The van der Waals surface area contributed by atoms with Crippen LogP contribution >= 0.6 is 0 Å². The highest BCUT2D eigenvalue weighted by atomic mass is 32.2. The van der Waals surface area contributed by atoms with Crippen molar-refractivity contribution in [1.29, 1.82) is 0 Å². The van der Waals surface area contributed by atoms with E-state index in [4.69, 9.17) is 0 Å². The minimum atomic E-state index is -3.44. The van der Waals surface area contributed by atoms with E-state index in [1.165, 1.54) is 10.6 Å². The Balaban J connectivity index is 2.14. The molecule has 0 aliphatic heterocycles. The zero-order valence-electron chi connectivity index (χ0n) is 14.8. The van der Waals surface area contributed by atoms with Gasteiger partial charge >= 0.3 is 0 Å². The first-order chi connectivity index (χ1) is 11.3. The average Bonchev–Trinajstić information content (AvgIpc) is 3.00. The van der Waals surface area contributed by atoms with Gasteiger partial charge in [-0.05, 0) is 37.3 Å². The van der Waals surface area contributed by atoms with Crippen molar-refractivity contribution < 1.29 is 13.2 Å². The third kappa shape index (κ3) is 4.72. The van der Waals surface area contributed by atoms with Gasteiger partial charge in [-0.25, -0.2) is 8.42 Å². The molecule has 0 bridgehead atoms. The fraction of sp³-hybridized carbons (Fsp3) is 0.611. The molecule has 5 nitrogen and oxygen atoms in total. The summed E-state index contributed by atoms with van der Waals surface area (Å²) in [5.74, 6) is -0.0674. The maximum absolute atomic E-state index is 12.3. The number of aryl methyl sites for hydroxylation is 2. The topological polar surface area (TPSA) is 66.5 Å². The van der Waals surface area contributed by atoms with Gasteiger partial charge in [-0.2, -0.15) is 0 Å². The highest BCUT2D eigenvalue weighted by molar-refractivity contribution is 7.92. The number of anilines is 1. The molecule has 1 aromatic rings. The Morgan fingerprint density at radius 3 is 2.54 bits per heavy atom. The van der Waals surface area contributed by atoms with Gasteiger partial charge in [0.25, 0.3) is 0 Å². The summed E-state index contributed by atoms with van der Waals surface area (Å²) in [5.41, 5.74) is 2.61. The van der Waals surface area contributed by atoms with Crippen LogP contribution in [0.5, 0.6) is 0 Å². The predicted molar refractivity (Wildman–Crippen MR) is 97.8 cm³/mol. The molecule has 24 heavy (non-hydrogen) atoms. The van der Waals surface area contributed by atoms with Crippen LogP contribution in [-0.2, 0) is 21.2 Å². The minimum absolute atomic E-state index is 0.0674. The molecule has 1 amide bonds. The molecule has 1 fully saturated rings. The van der Waals surface area contributed by atoms with Gasteiger partial charge in [0.05, 0.1) is 11.9 Å². The van der Waals surface area contributed by atoms with Crippen LogP contribution in [0, 0.1) is 6.92 Å². The first kappa shape index (κ1) is 18.8. The van der Waals surface area contributed by atoms with Crippen LogP contribution in [0.4, 0.5) is 5.69 Å². The number of benzene rings is 1. The van der Waals surface area contributed by atoms with E-state index in [1.807, 2.05) is 32.0 Å². The van der Waals surface area contributed by atoms with E-state index in [0.717, 1.165) is 48.9 Å². The fourth-order valence-corrected chi connectivity index (χ4v) is 4.39. The maximum atomic E-state index is 12.3. The molecule has 2 rings (SSSR count). The van der Waals surface area contributed by atoms with E-state index < -0.39 is 10.0 Å². The smallest absolute Gasteiger partial charge is 0.232 e. The highest BCUT2D eigenvalue weighted by Gasteiger charge is 2.23. The molecule has 1 saturated carbocycles. The lowest BCUT2D eigenvalue weighted by Crippen LogP contribution is -2.38. The lowest BCUT2D eigenvalue weighted by molar-refractivity contribution is -0.121. The van der Waals surface area contributed by atoms with Crippen molar-refractivity contribution >= 4 is 21.6 Å². The maximum Gasteiger partial charge on any atom is 0.232 e. The molecule has 134 valence electrons. The predicted octanol–water partition coefficient (Wildman–Crippen LogP) is 2.77. The Hall–Kier alpha value is -1.56. The van der Waals surface area contributed by atoms with E-state index in [1.54, 1.807) is 0 Å². The van der Waals surface area contributed by atoms with Gasteiger partial charge in [-0.3, -0.25) is 9.10 Å². The molecule has 1 aliphatic carbocycles. The second-order valence-corrected chi connectivity index (χ2v) is 8.48. The van der Waals surface area contributed by atoms with E-state index in [-0.39, 0.29) is 24.9 Å². The van der Waals surface area contributed by atoms with Gasteiger partial charge in [0.15, 0.2) is 0 Å². The van der Waals surface area contributed by atoms with Crippen LogP contribution in [-0.4, -0.2) is 33.2 Å². The highest BCUT2D eigenvalue weighted by Crippen LogP contribution is 2.28. The third-order valence-electron chi connectivity index (χ3n) is 4.61. The molecule has 0 heterocycles. The van der Waals surface area contributed by atoms with Gasteiger partial charge in [0, 0.05) is 19.0 Å². The van der Waals surface area contributed by atoms with E-state index in [9.17, 15) is 13.2 Å². The molecule has 0 aromatic heterocycles. The van der Waals surface area contributed by atoms with E-state index >= 15 is 0 Å². The van der Waals surface area contributed by atoms with Gasteiger partial charge in [0.2, 0.25) is 15.9 Å². The van der Waals surface area contributed by atoms with Crippen molar-refractivity contribution in [3.63, 3.8) is 0 Å². The second-order valence-electron chi connectivity index (χ2n) is 6.57. The van der Waals surface area contributed by atoms with E-state index in [2.05, 4.69) is 5.32 Å². The molecule has 0 saturated heterocycles. The Labute approximate surface area is 145 Å². The molecule has 0 radical (unpaired) electrons. The van der Waals surface area contributed by atoms with Crippen molar-refractivity contribution in [2.45, 2.75) is 58.4 Å². The number of carbonyl (C=O) groups excluding carboxylic acids is 1. The average molecular weight is 353 g/mol. The van der Waals surface area contributed by atoms with Crippen LogP contribution in [0.15, 0.2) is 18.2 Å². The van der Waals surface area contributed by atoms with E-state index in [0.29, 0.717) is 0 Å². The summed E-state index contributed by atoms with van der Waals surface area (Å²) < 4.78 is 26.0. The normalized spacial score (nSPS) is 15.5. The molecule has 0 atom stereocenters. The third-order valence-corrected chi connectivity index (χ3v) is 5.78. The van der Waals surface area contributed by atoms with Gasteiger partial charge in [-0.1, -0.05) is 38.0 Å². The summed E-state index contributed by atoms with van der Waals surface area (Å²) in [6.45, 7) is 4.09.